The first-order chi connectivity index (χ1) is 9.15. The van der Waals surface area contributed by atoms with Gasteiger partial charge in [-0.05, 0) is 44.0 Å². The van der Waals surface area contributed by atoms with Crippen molar-refractivity contribution in [3.8, 4) is 5.75 Å². The van der Waals surface area contributed by atoms with Gasteiger partial charge >= 0.3 is 0 Å². The van der Waals surface area contributed by atoms with E-state index in [0.717, 1.165) is 40.3 Å². The summed E-state index contributed by atoms with van der Waals surface area (Å²) in [5.74, 6) is 1.80. The molecule has 0 bridgehead atoms. The summed E-state index contributed by atoms with van der Waals surface area (Å²) in [7, 11) is 0. The van der Waals surface area contributed by atoms with Crippen molar-refractivity contribution >= 4 is 5.78 Å². The van der Waals surface area contributed by atoms with Crippen molar-refractivity contribution in [3.05, 3.63) is 46.3 Å². The van der Waals surface area contributed by atoms with E-state index in [-0.39, 0.29) is 5.78 Å². The average molecular weight is 257 g/mol. The Hall–Kier alpha value is -2.10. The lowest BCUT2D eigenvalue weighted by atomic mass is 10.1. The number of hydrogen-bond donors (Lipinski definition) is 0. The van der Waals surface area contributed by atoms with Crippen molar-refractivity contribution in [2.75, 3.05) is 0 Å². The number of aromatic nitrogens is 1. The zero-order valence-electron chi connectivity index (χ0n) is 11.0. The van der Waals surface area contributed by atoms with Crippen molar-refractivity contribution < 1.29 is 14.1 Å². The summed E-state index contributed by atoms with van der Waals surface area (Å²) >= 11 is 0. The molecule has 0 fully saturated rings. The minimum atomic E-state index is 0.229. The molecule has 98 valence electrons. The van der Waals surface area contributed by atoms with Crippen LogP contribution in [0.25, 0.3) is 0 Å². The number of carbonyl (C=O) groups excluding carboxylic acids is 1. The zero-order valence-corrected chi connectivity index (χ0v) is 11.0. The van der Waals surface area contributed by atoms with Crippen molar-refractivity contribution in [1.82, 2.24) is 5.16 Å². The van der Waals surface area contributed by atoms with Crippen molar-refractivity contribution in [2.45, 2.75) is 33.3 Å². The molecule has 4 heteroatoms. The normalized spacial score (nSPS) is 13.7. The molecular weight excluding hydrogens is 242 g/mol. The molecule has 0 atom stereocenters. The van der Waals surface area contributed by atoms with Crippen LogP contribution in [0.3, 0.4) is 0 Å². The Kier molecular flexibility index (Phi) is 2.85. The second-order valence-electron chi connectivity index (χ2n) is 4.83. The molecule has 1 aromatic carbocycles. The Morgan fingerprint density at radius 1 is 1.32 bits per heavy atom. The summed E-state index contributed by atoms with van der Waals surface area (Å²) in [6, 6.07) is 5.66. The Bertz CT molecular complexity index is 623. The number of ketones is 1. The van der Waals surface area contributed by atoms with E-state index in [1.807, 2.05) is 32.0 Å². The third-order valence-electron chi connectivity index (χ3n) is 3.56. The van der Waals surface area contributed by atoms with Crippen LogP contribution in [0.1, 0.15) is 39.4 Å². The SMILES string of the molecule is Cc1noc(C)c1COc1ccc2c(c1)CCC2=O. The second kappa shape index (κ2) is 4.53. The quantitative estimate of drug-likeness (QED) is 0.848. The van der Waals surface area contributed by atoms with E-state index in [1.165, 1.54) is 0 Å². The van der Waals surface area contributed by atoms with Gasteiger partial charge < -0.3 is 9.26 Å². The van der Waals surface area contributed by atoms with Gasteiger partial charge in [0.15, 0.2) is 5.78 Å². The maximum Gasteiger partial charge on any atom is 0.163 e. The number of ether oxygens (including phenoxy) is 1. The van der Waals surface area contributed by atoms with Crippen LogP contribution in [-0.4, -0.2) is 10.9 Å². The highest BCUT2D eigenvalue weighted by molar-refractivity contribution is 6.00. The van der Waals surface area contributed by atoms with Gasteiger partial charge in [-0.3, -0.25) is 4.79 Å². The Morgan fingerprint density at radius 3 is 2.89 bits per heavy atom. The van der Waals surface area contributed by atoms with Gasteiger partial charge in [-0.2, -0.15) is 0 Å². The number of aryl methyl sites for hydroxylation is 3. The highest BCUT2D eigenvalue weighted by atomic mass is 16.5. The number of fused-ring (bicyclic) bond motifs is 1. The number of carbonyl (C=O) groups is 1. The van der Waals surface area contributed by atoms with E-state index >= 15 is 0 Å². The molecule has 1 aliphatic carbocycles. The molecular formula is C15H15NO3. The smallest absolute Gasteiger partial charge is 0.163 e. The first kappa shape index (κ1) is 12.0. The fourth-order valence-electron chi connectivity index (χ4n) is 2.39. The van der Waals surface area contributed by atoms with Gasteiger partial charge in [0, 0.05) is 12.0 Å². The summed E-state index contributed by atoms with van der Waals surface area (Å²) in [4.78, 5) is 11.5. The molecule has 0 spiro atoms. The van der Waals surface area contributed by atoms with Gasteiger partial charge in [0.05, 0.1) is 11.3 Å². The molecule has 3 rings (SSSR count). The molecule has 0 radical (unpaired) electrons. The first-order valence-electron chi connectivity index (χ1n) is 6.36. The van der Waals surface area contributed by atoms with E-state index in [0.29, 0.717) is 13.0 Å². The van der Waals surface area contributed by atoms with Crippen LogP contribution in [0, 0.1) is 13.8 Å². The van der Waals surface area contributed by atoms with Gasteiger partial charge in [-0.1, -0.05) is 5.16 Å². The van der Waals surface area contributed by atoms with E-state index in [2.05, 4.69) is 5.16 Å². The topological polar surface area (TPSA) is 52.3 Å². The molecule has 0 saturated carbocycles. The third kappa shape index (κ3) is 2.14. The molecule has 1 aliphatic rings. The molecule has 1 aromatic heterocycles. The second-order valence-corrected chi connectivity index (χ2v) is 4.83. The maximum atomic E-state index is 11.5. The Balaban J connectivity index is 1.76. The van der Waals surface area contributed by atoms with E-state index in [1.54, 1.807) is 0 Å². The number of rotatable bonds is 3. The number of Topliss-reactive ketones (excluding diaryl/α,β-unsaturated/α-hetero) is 1. The van der Waals surface area contributed by atoms with Gasteiger partial charge in [0.2, 0.25) is 0 Å². The zero-order chi connectivity index (χ0) is 13.4. The monoisotopic (exact) mass is 257 g/mol. The molecule has 1 heterocycles. The Morgan fingerprint density at radius 2 is 2.16 bits per heavy atom. The average Bonchev–Trinajstić information content (AvgIpc) is 2.92. The molecule has 19 heavy (non-hydrogen) atoms. The first-order valence-corrected chi connectivity index (χ1v) is 6.36. The molecule has 0 unspecified atom stereocenters. The lowest BCUT2D eigenvalue weighted by molar-refractivity contribution is 0.0994. The fourth-order valence-corrected chi connectivity index (χ4v) is 2.39. The van der Waals surface area contributed by atoms with Gasteiger partial charge in [-0.15, -0.1) is 0 Å². The number of nitrogens with zero attached hydrogens (tertiary/aromatic N) is 1. The molecule has 0 aliphatic heterocycles. The summed E-state index contributed by atoms with van der Waals surface area (Å²) in [5, 5.41) is 3.90. The predicted octanol–water partition coefficient (Wildman–Crippen LogP) is 3.00. The maximum absolute atomic E-state index is 11.5. The van der Waals surface area contributed by atoms with E-state index < -0.39 is 0 Å². The molecule has 2 aromatic rings. The summed E-state index contributed by atoms with van der Waals surface area (Å²) < 4.78 is 10.9. The standard InChI is InChI=1S/C15H15NO3/c1-9-14(10(2)19-16-9)8-18-12-4-5-13-11(7-12)3-6-15(13)17/h4-5,7H,3,6,8H2,1-2H3. The molecule has 0 amide bonds. The molecule has 4 nitrogen and oxygen atoms in total. The highest BCUT2D eigenvalue weighted by Gasteiger charge is 2.19. The van der Waals surface area contributed by atoms with Crippen LogP contribution in [0.4, 0.5) is 0 Å². The predicted molar refractivity (Wildman–Crippen MR) is 69.4 cm³/mol. The van der Waals surface area contributed by atoms with Crippen molar-refractivity contribution in [3.63, 3.8) is 0 Å². The molecule has 0 saturated heterocycles. The van der Waals surface area contributed by atoms with Crippen LogP contribution in [0.15, 0.2) is 22.7 Å². The van der Waals surface area contributed by atoms with Gasteiger partial charge in [0.25, 0.3) is 0 Å². The third-order valence-corrected chi connectivity index (χ3v) is 3.56. The lowest BCUT2D eigenvalue weighted by Crippen LogP contribution is -1.99. The summed E-state index contributed by atoms with van der Waals surface area (Å²) in [5.41, 5.74) is 3.76. The summed E-state index contributed by atoms with van der Waals surface area (Å²) in [6.45, 7) is 4.21. The van der Waals surface area contributed by atoms with Crippen LogP contribution in [-0.2, 0) is 13.0 Å². The fraction of sp³-hybridized carbons (Fsp3) is 0.333. The molecule has 0 N–H and O–H groups in total. The highest BCUT2D eigenvalue weighted by Crippen LogP contribution is 2.27. The van der Waals surface area contributed by atoms with Crippen molar-refractivity contribution in [1.29, 1.82) is 0 Å². The van der Waals surface area contributed by atoms with Gasteiger partial charge in [0.1, 0.15) is 18.1 Å². The van der Waals surface area contributed by atoms with Crippen molar-refractivity contribution in [2.24, 2.45) is 0 Å². The van der Waals surface area contributed by atoms with Crippen LogP contribution in [0.2, 0.25) is 0 Å². The van der Waals surface area contributed by atoms with Crippen LogP contribution in [0.5, 0.6) is 5.75 Å². The summed E-state index contributed by atoms with van der Waals surface area (Å²) in [6.07, 6.45) is 1.43. The largest absolute Gasteiger partial charge is 0.489 e. The number of hydrogen-bond acceptors (Lipinski definition) is 4. The van der Waals surface area contributed by atoms with Crippen LogP contribution >= 0.6 is 0 Å². The Labute approximate surface area is 111 Å². The van der Waals surface area contributed by atoms with E-state index in [9.17, 15) is 4.79 Å². The van der Waals surface area contributed by atoms with Crippen LogP contribution < -0.4 is 4.74 Å². The lowest BCUT2D eigenvalue weighted by Gasteiger charge is -2.07. The minimum absolute atomic E-state index is 0.229. The number of benzene rings is 1. The van der Waals surface area contributed by atoms with E-state index in [4.69, 9.17) is 9.26 Å². The van der Waals surface area contributed by atoms with Gasteiger partial charge in [-0.25, -0.2) is 0 Å². The minimum Gasteiger partial charge on any atom is -0.489 e.